The molecule has 0 saturated carbocycles. The molecule has 0 N–H and O–H groups in total. The Morgan fingerprint density at radius 3 is 2.60 bits per heavy atom. The van der Waals surface area contributed by atoms with Gasteiger partial charge < -0.3 is 0 Å². The maximum absolute atomic E-state index is 4.08. The highest BCUT2D eigenvalue weighted by molar-refractivity contribution is 5.35. The Balaban J connectivity index is 2.75. The lowest BCUT2D eigenvalue weighted by molar-refractivity contribution is 1.17. The Morgan fingerprint density at radius 1 is 1.27 bits per heavy atom. The summed E-state index contributed by atoms with van der Waals surface area (Å²) in [5.74, 6) is 0. The Morgan fingerprint density at radius 2 is 2.00 bits per heavy atom. The lowest BCUT2D eigenvalue weighted by Gasteiger charge is -1.91. The summed E-state index contributed by atoms with van der Waals surface area (Å²) in [6.07, 6.45) is 7.37. The number of benzene rings is 1. The maximum atomic E-state index is 4.08. The van der Waals surface area contributed by atoms with Gasteiger partial charge in [-0.25, -0.2) is 0 Å². The van der Waals surface area contributed by atoms with Gasteiger partial charge in [-0.05, 0) is 31.2 Å². The molecular formula is C13H14N2. The van der Waals surface area contributed by atoms with Gasteiger partial charge in [0.2, 0.25) is 0 Å². The second kappa shape index (κ2) is 6.49. The van der Waals surface area contributed by atoms with Crippen molar-refractivity contribution in [2.75, 3.05) is 0 Å². The fourth-order valence-corrected chi connectivity index (χ4v) is 0.947. The molecule has 2 heteroatoms. The number of hydrogen-bond acceptors (Lipinski definition) is 2. The molecule has 0 saturated heterocycles. The van der Waals surface area contributed by atoms with Gasteiger partial charge in [-0.3, -0.25) is 0 Å². The Bertz CT molecular complexity index is 386. The number of hydrogen-bond donors (Lipinski definition) is 0. The third kappa shape index (κ3) is 4.18. The first-order valence-electron chi connectivity index (χ1n) is 4.79. The van der Waals surface area contributed by atoms with Gasteiger partial charge in [0.15, 0.2) is 0 Å². The summed E-state index contributed by atoms with van der Waals surface area (Å²) in [7, 11) is 0. The quantitative estimate of drug-likeness (QED) is 0.505. The van der Waals surface area contributed by atoms with Gasteiger partial charge in [0, 0.05) is 0 Å². The molecule has 0 aliphatic rings. The van der Waals surface area contributed by atoms with Crippen LogP contribution in [-0.2, 0) is 0 Å². The van der Waals surface area contributed by atoms with E-state index >= 15 is 0 Å². The van der Waals surface area contributed by atoms with E-state index in [0.717, 1.165) is 11.4 Å². The van der Waals surface area contributed by atoms with Crippen LogP contribution in [-0.4, -0.2) is 0 Å². The van der Waals surface area contributed by atoms with Gasteiger partial charge in [0.25, 0.3) is 0 Å². The van der Waals surface area contributed by atoms with Gasteiger partial charge in [-0.1, -0.05) is 36.9 Å². The third-order valence-electron chi connectivity index (χ3n) is 1.71. The molecule has 0 aromatic heterocycles. The Hall–Kier alpha value is -1.96. The zero-order valence-electron chi connectivity index (χ0n) is 8.80. The van der Waals surface area contributed by atoms with E-state index in [0.29, 0.717) is 0 Å². The molecule has 0 heterocycles. The minimum Gasteiger partial charge on any atom is -0.151 e. The normalized spacial score (nSPS) is 12.5. The van der Waals surface area contributed by atoms with E-state index in [1.54, 1.807) is 6.08 Å². The van der Waals surface area contributed by atoms with Gasteiger partial charge in [-0.15, -0.1) is 0 Å². The molecule has 0 aliphatic heterocycles. The average Bonchev–Trinajstić information content (AvgIpc) is 2.31. The molecule has 0 aliphatic carbocycles. The van der Waals surface area contributed by atoms with Crippen LogP contribution in [0.3, 0.4) is 0 Å². The van der Waals surface area contributed by atoms with Crippen molar-refractivity contribution in [2.24, 2.45) is 10.2 Å². The van der Waals surface area contributed by atoms with Crippen LogP contribution >= 0.6 is 0 Å². The topological polar surface area (TPSA) is 24.7 Å². The van der Waals surface area contributed by atoms with E-state index in [2.05, 4.69) is 16.8 Å². The highest BCUT2D eigenvalue weighted by Gasteiger charge is 1.86. The first kappa shape index (κ1) is 11.1. The largest absolute Gasteiger partial charge is 0.151 e. The SMILES string of the molecule is C=CC(=C\C=C/C)/N=N\c1ccccc1. The summed E-state index contributed by atoms with van der Waals surface area (Å²) in [6.45, 7) is 5.62. The molecule has 1 rings (SSSR count). The lowest BCUT2D eigenvalue weighted by Crippen LogP contribution is -1.68. The summed E-state index contributed by atoms with van der Waals surface area (Å²) in [5.41, 5.74) is 1.59. The molecular weight excluding hydrogens is 184 g/mol. The van der Waals surface area contributed by atoms with Crippen LogP contribution in [0.4, 0.5) is 5.69 Å². The summed E-state index contributed by atoms with van der Waals surface area (Å²) < 4.78 is 0. The van der Waals surface area contributed by atoms with E-state index in [4.69, 9.17) is 0 Å². The van der Waals surface area contributed by atoms with Crippen LogP contribution in [0.2, 0.25) is 0 Å². The summed E-state index contributed by atoms with van der Waals surface area (Å²) in [6, 6.07) is 9.61. The molecule has 0 spiro atoms. The van der Waals surface area contributed by atoms with E-state index < -0.39 is 0 Å². The lowest BCUT2D eigenvalue weighted by atomic mass is 10.3. The molecule has 0 unspecified atom stereocenters. The van der Waals surface area contributed by atoms with Crippen molar-refractivity contribution >= 4 is 5.69 Å². The van der Waals surface area contributed by atoms with Gasteiger partial charge >= 0.3 is 0 Å². The van der Waals surface area contributed by atoms with Crippen LogP contribution < -0.4 is 0 Å². The summed E-state index contributed by atoms with van der Waals surface area (Å²) in [4.78, 5) is 0. The molecule has 0 fully saturated rings. The smallest absolute Gasteiger partial charge is 0.0857 e. The molecule has 0 atom stereocenters. The third-order valence-corrected chi connectivity index (χ3v) is 1.71. The Kier molecular flexibility index (Phi) is 4.81. The van der Waals surface area contributed by atoms with E-state index in [1.807, 2.05) is 55.5 Å². The molecule has 0 radical (unpaired) electrons. The summed E-state index contributed by atoms with van der Waals surface area (Å²) >= 11 is 0. The zero-order chi connectivity index (χ0) is 10.9. The molecule has 1 aromatic rings. The minimum absolute atomic E-state index is 0.747. The second-order valence-electron chi connectivity index (χ2n) is 2.86. The number of azo groups is 1. The van der Waals surface area contributed by atoms with E-state index in [9.17, 15) is 0 Å². The predicted octanol–water partition coefficient (Wildman–Crippen LogP) is 4.42. The van der Waals surface area contributed by atoms with Crippen LogP contribution in [0.15, 0.2) is 77.1 Å². The second-order valence-corrected chi connectivity index (χ2v) is 2.86. The highest BCUT2D eigenvalue weighted by atomic mass is 15.1. The molecule has 15 heavy (non-hydrogen) atoms. The number of allylic oxidation sites excluding steroid dienone is 4. The number of rotatable bonds is 4. The monoisotopic (exact) mass is 198 g/mol. The molecule has 0 bridgehead atoms. The summed E-state index contributed by atoms with van der Waals surface area (Å²) in [5, 5.41) is 8.15. The predicted molar refractivity (Wildman–Crippen MR) is 64.1 cm³/mol. The zero-order valence-corrected chi connectivity index (χ0v) is 8.80. The fraction of sp³-hybridized carbons (Fsp3) is 0.0769. The van der Waals surface area contributed by atoms with Crippen molar-refractivity contribution in [1.82, 2.24) is 0 Å². The molecule has 1 aromatic carbocycles. The average molecular weight is 198 g/mol. The minimum atomic E-state index is 0.747. The highest BCUT2D eigenvalue weighted by Crippen LogP contribution is 2.12. The van der Waals surface area contributed by atoms with E-state index in [-0.39, 0.29) is 0 Å². The van der Waals surface area contributed by atoms with Gasteiger partial charge in [0.1, 0.15) is 0 Å². The molecule has 0 amide bonds. The first-order valence-corrected chi connectivity index (χ1v) is 4.79. The van der Waals surface area contributed by atoms with Crippen LogP contribution in [0.5, 0.6) is 0 Å². The van der Waals surface area contributed by atoms with Gasteiger partial charge in [0.05, 0.1) is 11.4 Å². The maximum Gasteiger partial charge on any atom is 0.0857 e. The van der Waals surface area contributed by atoms with Crippen molar-refractivity contribution in [3.05, 3.63) is 66.9 Å². The van der Waals surface area contributed by atoms with E-state index in [1.165, 1.54) is 0 Å². The molecule has 2 nitrogen and oxygen atoms in total. The number of nitrogens with zero attached hydrogens (tertiary/aromatic N) is 2. The molecule has 76 valence electrons. The van der Waals surface area contributed by atoms with Crippen molar-refractivity contribution in [3.63, 3.8) is 0 Å². The van der Waals surface area contributed by atoms with Crippen molar-refractivity contribution in [3.8, 4) is 0 Å². The fourth-order valence-electron chi connectivity index (χ4n) is 0.947. The van der Waals surface area contributed by atoms with Crippen LogP contribution in [0.1, 0.15) is 6.92 Å². The first-order chi connectivity index (χ1) is 7.36. The van der Waals surface area contributed by atoms with Crippen LogP contribution in [0, 0.1) is 0 Å². The standard InChI is InChI=1S/C13H14N2/c1-3-5-9-12(4-2)14-15-13-10-7-6-8-11-13/h3-11H,2H2,1H3/b5-3-,12-9+,15-14-. The Labute approximate surface area is 90.4 Å². The van der Waals surface area contributed by atoms with Crippen LogP contribution in [0.25, 0.3) is 0 Å². The van der Waals surface area contributed by atoms with Crippen molar-refractivity contribution < 1.29 is 0 Å². The van der Waals surface area contributed by atoms with Gasteiger partial charge in [-0.2, -0.15) is 10.2 Å². The van der Waals surface area contributed by atoms with Crippen molar-refractivity contribution in [2.45, 2.75) is 6.92 Å². The van der Waals surface area contributed by atoms with Crippen molar-refractivity contribution in [1.29, 1.82) is 0 Å².